The Labute approximate surface area is 112 Å². The van der Waals surface area contributed by atoms with Gasteiger partial charge in [0.25, 0.3) is 0 Å². The zero-order chi connectivity index (χ0) is 13.3. The zero-order valence-electron chi connectivity index (χ0n) is 9.55. The van der Waals surface area contributed by atoms with E-state index in [4.69, 9.17) is 0 Å². The number of aryl methyl sites for hydroxylation is 1. The van der Waals surface area contributed by atoms with Crippen molar-refractivity contribution in [3.63, 3.8) is 0 Å². The van der Waals surface area contributed by atoms with Gasteiger partial charge in [-0.15, -0.1) is 0 Å². The molecule has 2 aromatic rings. The summed E-state index contributed by atoms with van der Waals surface area (Å²) in [6, 6.07) is 8.22. The van der Waals surface area contributed by atoms with Crippen LogP contribution in [-0.2, 0) is 0 Å². The van der Waals surface area contributed by atoms with E-state index in [1.54, 1.807) is 12.1 Å². The van der Waals surface area contributed by atoms with Gasteiger partial charge in [0.2, 0.25) is 0 Å². The first-order valence-electron chi connectivity index (χ1n) is 5.34. The van der Waals surface area contributed by atoms with E-state index >= 15 is 0 Å². The molecule has 2 rings (SSSR count). The Morgan fingerprint density at radius 2 is 1.56 bits per heavy atom. The van der Waals surface area contributed by atoms with Gasteiger partial charge in [-0.05, 0) is 30.7 Å². The highest BCUT2D eigenvalue weighted by molar-refractivity contribution is 9.09. The molecule has 0 spiro atoms. The number of halogens is 4. The van der Waals surface area contributed by atoms with Crippen LogP contribution in [0.5, 0.6) is 0 Å². The minimum absolute atomic E-state index is 0.0863. The molecule has 0 N–H and O–H groups in total. The molecule has 18 heavy (non-hydrogen) atoms. The molecule has 0 bridgehead atoms. The van der Waals surface area contributed by atoms with Crippen LogP contribution in [0.4, 0.5) is 13.2 Å². The van der Waals surface area contributed by atoms with Crippen LogP contribution in [0.25, 0.3) is 0 Å². The maximum atomic E-state index is 13.8. The van der Waals surface area contributed by atoms with Gasteiger partial charge in [-0.1, -0.05) is 34.1 Å². The molecule has 4 heteroatoms. The van der Waals surface area contributed by atoms with Gasteiger partial charge in [0.05, 0.1) is 4.83 Å². The van der Waals surface area contributed by atoms with Crippen molar-refractivity contribution in [1.29, 1.82) is 0 Å². The second kappa shape index (κ2) is 5.14. The van der Waals surface area contributed by atoms with E-state index in [0.717, 1.165) is 12.1 Å². The van der Waals surface area contributed by atoms with Crippen LogP contribution in [0, 0.1) is 24.4 Å². The lowest BCUT2D eigenvalue weighted by atomic mass is 10.0. The van der Waals surface area contributed by atoms with Gasteiger partial charge in [-0.2, -0.15) is 0 Å². The first-order chi connectivity index (χ1) is 8.50. The van der Waals surface area contributed by atoms with Crippen molar-refractivity contribution < 1.29 is 13.2 Å². The van der Waals surface area contributed by atoms with Crippen LogP contribution >= 0.6 is 15.9 Å². The van der Waals surface area contributed by atoms with Crippen LogP contribution < -0.4 is 0 Å². The van der Waals surface area contributed by atoms with Crippen LogP contribution in [0.1, 0.15) is 21.5 Å². The van der Waals surface area contributed by atoms with E-state index in [1.165, 1.54) is 19.1 Å². The maximum absolute atomic E-state index is 13.8. The molecule has 1 unspecified atom stereocenters. The van der Waals surface area contributed by atoms with Crippen molar-refractivity contribution in [3.05, 3.63) is 70.5 Å². The Morgan fingerprint density at radius 3 is 2.22 bits per heavy atom. The molecule has 0 heterocycles. The van der Waals surface area contributed by atoms with Crippen molar-refractivity contribution in [2.45, 2.75) is 11.8 Å². The van der Waals surface area contributed by atoms with E-state index in [0.29, 0.717) is 0 Å². The topological polar surface area (TPSA) is 0 Å². The number of hydrogen-bond acceptors (Lipinski definition) is 0. The molecule has 0 radical (unpaired) electrons. The van der Waals surface area contributed by atoms with Crippen LogP contribution in [0.3, 0.4) is 0 Å². The van der Waals surface area contributed by atoms with Crippen LogP contribution in [0.2, 0.25) is 0 Å². The summed E-state index contributed by atoms with van der Waals surface area (Å²) in [6.07, 6.45) is 0. The average molecular weight is 315 g/mol. The molecule has 0 nitrogen and oxygen atoms in total. The van der Waals surface area contributed by atoms with E-state index < -0.39 is 22.3 Å². The van der Waals surface area contributed by atoms with E-state index in [-0.39, 0.29) is 16.7 Å². The lowest BCUT2D eigenvalue weighted by molar-refractivity contribution is 0.576. The summed E-state index contributed by atoms with van der Waals surface area (Å²) >= 11 is 3.21. The smallest absolute Gasteiger partial charge is 0.128 e. The second-order valence-electron chi connectivity index (χ2n) is 4.01. The molecule has 0 aliphatic carbocycles. The summed E-state index contributed by atoms with van der Waals surface area (Å²) in [4.78, 5) is -0.714. The number of rotatable bonds is 2. The number of benzene rings is 2. The predicted molar refractivity (Wildman–Crippen MR) is 68.3 cm³/mol. The van der Waals surface area contributed by atoms with Gasteiger partial charge in [0, 0.05) is 11.1 Å². The summed E-state index contributed by atoms with van der Waals surface area (Å²) in [5.74, 6) is -1.52. The summed E-state index contributed by atoms with van der Waals surface area (Å²) in [6.45, 7) is 1.48. The summed E-state index contributed by atoms with van der Waals surface area (Å²) in [7, 11) is 0. The highest BCUT2D eigenvalue weighted by Gasteiger charge is 2.19. The Morgan fingerprint density at radius 1 is 0.889 bits per heavy atom. The molecular weight excluding hydrogens is 305 g/mol. The van der Waals surface area contributed by atoms with Gasteiger partial charge in [0.1, 0.15) is 17.5 Å². The largest absolute Gasteiger partial charge is 0.207 e. The Hall–Kier alpha value is -1.29. The highest BCUT2D eigenvalue weighted by atomic mass is 79.9. The van der Waals surface area contributed by atoms with E-state index in [9.17, 15) is 13.2 Å². The zero-order valence-corrected chi connectivity index (χ0v) is 11.1. The Balaban J connectivity index is 2.50. The first-order valence-corrected chi connectivity index (χ1v) is 6.26. The lowest BCUT2D eigenvalue weighted by Crippen LogP contribution is -2.01. The standard InChI is InChI=1S/C14H10BrF3/c1-8-6-13(18)10(7-12(8)17)14(15)9-4-2-3-5-11(9)16/h2-7,14H,1H3. The molecule has 0 aliphatic heterocycles. The maximum Gasteiger partial charge on any atom is 0.128 e. The van der Waals surface area contributed by atoms with Crippen molar-refractivity contribution in [2.24, 2.45) is 0 Å². The highest BCUT2D eigenvalue weighted by Crippen LogP contribution is 2.34. The van der Waals surface area contributed by atoms with Gasteiger partial charge in [-0.25, -0.2) is 13.2 Å². The molecule has 0 saturated heterocycles. The quantitative estimate of drug-likeness (QED) is 0.692. The predicted octanol–water partition coefficient (Wildman–Crippen LogP) is 4.90. The molecule has 1 atom stereocenters. The van der Waals surface area contributed by atoms with Gasteiger partial charge in [0.15, 0.2) is 0 Å². The SMILES string of the molecule is Cc1cc(F)c(C(Br)c2ccccc2F)cc1F. The molecule has 0 fully saturated rings. The number of hydrogen-bond donors (Lipinski definition) is 0. The van der Waals surface area contributed by atoms with Crippen molar-refractivity contribution in [2.75, 3.05) is 0 Å². The Kier molecular flexibility index (Phi) is 3.76. The summed E-state index contributed by atoms with van der Waals surface area (Å²) < 4.78 is 40.8. The van der Waals surface area contributed by atoms with Crippen molar-refractivity contribution in [3.8, 4) is 0 Å². The normalized spacial score (nSPS) is 12.5. The van der Waals surface area contributed by atoms with E-state index in [2.05, 4.69) is 15.9 Å². The molecule has 0 aromatic heterocycles. The van der Waals surface area contributed by atoms with Gasteiger partial charge >= 0.3 is 0 Å². The van der Waals surface area contributed by atoms with Crippen molar-refractivity contribution >= 4 is 15.9 Å². The fourth-order valence-electron chi connectivity index (χ4n) is 1.70. The fourth-order valence-corrected chi connectivity index (χ4v) is 2.43. The molecule has 94 valence electrons. The fraction of sp³-hybridized carbons (Fsp3) is 0.143. The second-order valence-corrected chi connectivity index (χ2v) is 4.92. The average Bonchev–Trinajstić information content (AvgIpc) is 2.33. The lowest BCUT2D eigenvalue weighted by Gasteiger charge is -2.13. The summed E-state index contributed by atoms with van der Waals surface area (Å²) in [5.41, 5.74) is 0.590. The molecule has 0 amide bonds. The van der Waals surface area contributed by atoms with Crippen LogP contribution in [0.15, 0.2) is 36.4 Å². The minimum atomic E-state index is -0.714. The molecule has 0 aliphatic rings. The Bertz CT molecular complexity index is 581. The third kappa shape index (κ3) is 2.43. The molecular formula is C14H10BrF3. The molecule has 2 aromatic carbocycles. The first kappa shape index (κ1) is 13.1. The minimum Gasteiger partial charge on any atom is -0.207 e. The van der Waals surface area contributed by atoms with Crippen LogP contribution in [-0.4, -0.2) is 0 Å². The third-order valence-electron chi connectivity index (χ3n) is 2.73. The van der Waals surface area contributed by atoms with Gasteiger partial charge < -0.3 is 0 Å². The number of alkyl halides is 1. The monoisotopic (exact) mass is 314 g/mol. The third-order valence-corrected chi connectivity index (χ3v) is 3.72. The molecule has 0 saturated carbocycles. The van der Waals surface area contributed by atoms with Gasteiger partial charge in [-0.3, -0.25) is 0 Å². The van der Waals surface area contributed by atoms with Crippen molar-refractivity contribution in [1.82, 2.24) is 0 Å². The summed E-state index contributed by atoms with van der Waals surface area (Å²) in [5, 5.41) is 0. The van der Waals surface area contributed by atoms with E-state index in [1.807, 2.05) is 0 Å².